The van der Waals surface area contributed by atoms with Crippen molar-refractivity contribution in [2.45, 2.75) is 31.8 Å². The van der Waals surface area contributed by atoms with Crippen molar-refractivity contribution in [3.63, 3.8) is 0 Å². The van der Waals surface area contributed by atoms with Crippen molar-refractivity contribution in [3.05, 3.63) is 34.9 Å². The molecule has 0 saturated carbocycles. The summed E-state index contributed by atoms with van der Waals surface area (Å²) in [6, 6.07) is 4.84. The van der Waals surface area contributed by atoms with Gasteiger partial charge in [0.15, 0.2) is 0 Å². The molecular formula is C15H16O5. The van der Waals surface area contributed by atoms with Gasteiger partial charge in [-0.25, -0.2) is 4.79 Å². The highest BCUT2D eigenvalue weighted by molar-refractivity contribution is 6.41. The average Bonchev–Trinajstić information content (AvgIpc) is 2.67. The summed E-state index contributed by atoms with van der Waals surface area (Å²) in [5.41, 5.74) is -1.79. The van der Waals surface area contributed by atoms with Gasteiger partial charge in [0.25, 0.3) is 5.60 Å². The fraction of sp³-hybridized carbons (Fsp3) is 0.400. The number of hydrogen-bond acceptors (Lipinski definition) is 5. The lowest BCUT2D eigenvalue weighted by atomic mass is 9.96. The molecule has 1 N–H and O–H groups in total. The molecular weight excluding hydrogens is 260 g/mol. The standard InChI is InChI=1S/C15H16O5/c1-3-4-6-9-7-5-8-10-11(9)13(17)15(19,12(10)16)14(18)20-2/h5,7-8,19H,3-4,6H2,1-2H3. The number of carbonyl (C=O) groups is 3. The van der Waals surface area contributed by atoms with E-state index < -0.39 is 23.1 Å². The van der Waals surface area contributed by atoms with E-state index in [0.717, 1.165) is 20.0 Å². The molecule has 0 aromatic heterocycles. The smallest absolute Gasteiger partial charge is 0.354 e. The van der Waals surface area contributed by atoms with Crippen LogP contribution in [0.2, 0.25) is 0 Å². The first-order valence-electron chi connectivity index (χ1n) is 6.50. The first-order valence-corrected chi connectivity index (χ1v) is 6.50. The lowest BCUT2D eigenvalue weighted by Gasteiger charge is -2.15. The maximum atomic E-state index is 12.3. The maximum Gasteiger partial charge on any atom is 0.354 e. The molecule has 0 amide bonds. The Morgan fingerprint density at radius 2 is 2.00 bits per heavy atom. The van der Waals surface area contributed by atoms with Gasteiger partial charge in [-0.05, 0) is 18.4 Å². The van der Waals surface area contributed by atoms with Crippen LogP contribution in [0.25, 0.3) is 0 Å². The lowest BCUT2D eigenvalue weighted by molar-refractivity contribution is -0.152. The molecule has 0 bridgehead atoms. The number of hydrogen-bond donors (Lipinski definition) is 1. The quantitative estimate of drug-likeness (QED) is 0.662. The number of fused-ring (bicyclic) bond motifs is 1. The number of aliphatic hydroxyl groups is 1. The summed E-state index contributed by atoms with van der Waals surface area (Å²) in [5.74, 6) is -3.01. The Bertz CT molecular complexity index is 590. The molecule has 0 radical (unpaired) electrons. The number of carbonyl (C=O) groups excluding carboxylic acids is 3. The molecule has 5 heteroatoms. The molecule has 2 rings (SSSR count). The van der Waals surface area contributed by atoms with E-state index in [2.05, 4.69) is 4.74 Å². The summed E-state index contributed by atoms with van der Waals surface area (Å²) in [5, 5.41) is 10.2. The summed E-state index contributed by atoms with van der Waals surface area (Å²) in [6.45, 7) is 2.01. The van der Waals surface area contributed by atoms with Crippen LogP contribution in [0, 0.1) is 0 Å². The van der Waals surface area contributed by atoms with Crippen LogP contribution in [-0.2, 0) is 16.0 Å². The fourth-order valence-electron chi connectivity index (χ4n) is 2.45. The number of esters is 1. The molecule has 5 nitrogen and oxygen atoms in total. The van der Waals surface area contributed by atoms with Crippen LogP contribution >= 0.6 is 0 Å². The van der Waals surface area contributed by atoms with E-state index in [0.29, 0.717) is 12.0 Å². The predicted molar refractivity (Wildman–Crippen MR) is 70.7 cm³/mol. The molecule has 1 aliphatic carbocycles. The summed E-state index contributed by atoms with van der Waals surface area (Å²) >= 11 is 0. The number of aryl methyl sites for hydroxylation is 1. The van der Waals surface area contributed by atoms with E-state index in [4.69, 9.17) is 0 Å². The van der Waals surface area contributed by atoms with Gasteiger partial charge in [-0.1, -0.05) is 31.5 Å². The molecule has 1 unspecified atom stereocenters. The van der Waals surface area contributed by atoms with Crippen molar-refractivity contribution >= 4 is 17.5 Å². The fourth-order valence-corrected chi connectivity index (χ4v) is 2.45. The zero-order valence-electron chi connectivity index (χ0n) is 11.4. The van der Waals surface area contributed by atoms with Gasteiger partial charge in [0.1, 0.15) is 0 Å². The van der Waals surface area contributed by atoms with Gasteiger partial charge in [-0.15, -0.1) is 0 Å². The summed E-state index contributed by atoms with van der Waals surface area (Å²) in [4.78, 5) is 36.2. The number of rotatable bonds is 4. The molecule has 0 heterocycles. The topological polar surface area (TPSA) is 80.7 Å². The molecule has 0 aliphatic heterocycles. The molecule has 0 spiro atoms. The van der Waals surface area contributed by atoms with Crippen LogP contribution < -0.4 is 0 Å². The highest BCUT2D eigenvalue weighted by Gasteiger charge is 2.59. The minimum Gasteiger partial charge on any atom is -0.466 e. The minimum absolute atomic E-state index is 0.0940. The van der Waals surface area contributed by atoms with Gasteiger partial charge in [0.05, 0.1) is 7.11 Å². The van der Waals surface area contributed by atoms with Gasteiger partial charge in [0, 0.05) is 11.1 Å². The number of ketones is 2. The van der Waals surface area contributed by atoms with E-state index in [-0.39, 0.29) is 11.1 Å². The van der Waals surface area contributed by atoms with Crippen LogP contribution in [0.15, 0.2) is 18.2 Å². The van der Waals surface area contributed by atoms with E-state index in [1.54, 1.807) is 12.1 Å². The number of benzene rings is 1. The average molecular weight is 276 g/mol. The van der Waals surface area contributed by atoms with Gasteiger partial charge in [0.2, 0.25) is 11.6 Å². The lowest BCUT2D eigenvalue weighted by Crippen LogP contribution is -2.49. The molecule has 1 atom stereocenters. The highest BCUT2D eigenvalue weighted by atomic mass is 16.5. The second-order valence-corrected chi connectivity index (χ2v) is 4.80. The van der Waals surface area contributed by atoms with E-state index in [1.807, 2.05) is 6.92 Å². The van der Waals surface area contributed by atoms with E-state index in [9.17, 15) is 19.5 Å². The zero-order valence-corrected chi connectivity index (χ0v) is 11.4. The minimum atomic E-state index is -2.72. The third kappa shape index (κ3) is 1.86. The third-order valence-electron chi connectivity index (χ3n) is 3.56. The first-order chi connectivity index (χ1) is 9.48. The molecule has 1 aromatic carbocycles. The SMILES string of the molecule is CCCCc1cccc2c1C(=O)C(O)(C(=O)OC)C2=O. The van der Waals surface area contributed by atoms with Crippen molar-refractivity contribution in [2.24, 2.45) is 0 Å². The summed E-state index contributed by atoms with van der Waals surface area (Å²) in [7, 11) is 1.03. The second-order valence-electron chi connectivity index (χ2n) is 4.80. The van der Waals surface area contributed by atoms with Gasteiger partial charge in [-0.3, -0.25) is 9.59 Å². The van der Waals surface area contributed by atoms with Gasteiger partial charge < -0.3 is 9.84 Å². The van der Waals surface area contributed by atoms with Crippen LogP contribution in [0.4, 0.5) is 0 Å². The third-order valence-corrected chi connectivity index (χ3v) is 3.56. The number of Topliss-reactive ketones (excluding diaryl/α,β-unsaturated/α-hetero) is 2. The predicted octanol–water partition coefficient (Wildman–Crippen LogP) is 1.31. The summed E-state index contributed by atoms with van der Waals surface area (Å²) < 4.78 is 4.40. The monoisotopic (exact) mass is 276 g/mol. The van der Waals surface area contributed by atoms with Crippen molar-refractivity contribution in [1.29, 1.82) is 0 Å². The zero-order chi connectivity index (χ0) is 14.9. The summed E-state index contributed by atoms with van der Waals surface area (Å²) in [6.07, 6.45) is 2.41. The molecule has 0 fully saturated rings. The largest absolute Gasteiger partial charge is 0.466 e. The Kier molecular flexibility index (Phi) is 3.72. The Morgan fingerprint density at radius 3 is 2.60 bits per heavy atom. The second kappa shape index (κ2) is 5.17. The van der Waals surface area contributed by atoms with Crippen LogP contribution in [0.3, 0.4) is 0 Å². The van der Waals surface area contributed by atoms with Crippen molar-refractivity contribution in [3.8, 4) is 0 Å². The molecule has 1 aliphatic rings. The maximum absolute atomic E-state index is 12.3. The molecule has 0 saturated heterocycles. The van der Waals surface area contributed by atoms with Gasteiger partial charge in [-0.2, -0.15) is 0 Å². The number of methoxy groups -OCH3 is 1. The highest BCUT2D eigenvalue weighted by Crippen LogP contribution is 2.33. The molecule has 20 heavy (non-hydrogen) atoms. The Labute approximate surface area is 116 Å². The van der Waals surface area contributed by atoms with Crippen LogP contribution in [0.1, 0.15) is 46.0 Å². The number of unbranched alkanes of at least 4 members (excludes halogenated alkanes) is 1. The Balaban J connectivity index is 2.54. The van der Waals surface area contributed by atoms with Crippen molar-refractivity contribution in [2.75, 3.05) is 7.11 Å². The molecule has 1 aromatic rings. The first kappa shape index (κ1) is 14.4. The van der Waals surface area contributed by atoms with Crippen LogP contribution in [0.5, 0.6) is 0 Å². The Hall–Kier alpha value is -2.01. The van der Waals surface area contributed by atoms with Gasteiger partial charge >= 0.3 is 5.97 Å². The molecule has 106 valence electrons. The van der Waals surface area contributed by atoms with E-state index >= 15 is 0 Å². The van der Waals surface area contributed by atoms with E-state index in [1.165, 1.54) is 6.07 Å². The normalized spacial score (nSPS) is 20.9. The van der Waals surface area contributed by atoms with Crippen LogP contribution in [-0.4, -0.2) is 35.4 Å². The van der Waals surface area contributed by atoms with Crippen molar-refractivity contribution in [1.82, 2.24) is 0 Å². The van der Waals surface area contributed by atoms with Crippen molar-refractivity contribution < 1.29 is 24.2 Å². The number of ether oxygens (including phenoxy) is 1. The Morgan fingerprint density at radius 1 is 1.30 bits per heavy atom.